The Bertz CT molecular complexity index is 3730. The van der Waals surface area contributed by atoms with Crippen LogP contribution in [0.5, 0.6) is 0 Å². The van der Waals surface area contributed by atoms with Gasteiger partial charge in [-0.25, -0.2) is 0 Å². The van der Waals surface area contributed by atoms with E-state index in [0.717, 1.165) is 17.1 Å². The van der Waals surface area contributed by atoms with Crippen molar-refractivity contribution in [3.05, 3.63) is 271 Å². The van der Waals surface area contributed by atoms with Crippen molar-refractivity contribution in [2.45, 2.75) is 5.41 Å². The third-order valence-corrected chi connectivity index (χ3v) is 14.6. The standard InChI is InChI=1S/C65H41N/c1-3-16-42(17-4-1)43-30-32-44(33-31-43)45-34-36-47(37-35-45)66(62-29-14-11-20-49(62)46-18-5-2-6-19-46)48-38-39-53-52-23-9-12-27-58(52)65(60(53)40-48)59-28-13-10-24-55(59)64-56-26-15-25-54-50-21-7-8-22-51(50)57(63(54)56)41-61(64)65/h1-41H. The summed E-state index contributed by atoms with van der Waals surface area (Å²) in [6.07, 6.45) is 0. The van der Waals surface area contributed by atoms with Crippen LogP contribution in [-0.2, 0) is 5.41 Å². The molecule has 1 nitrogen and oxygen atoms in total. The summed E-state index contributed by atoms with van der Waals surface area (Å²) < 4.78 is 0. The Balaban J connectivity index is 0.996. The number of hydrogen-bond donors (Lipinski definition) is 0. The van der Waals surface area contributed by atoms with E-state index in [1.807, 2.05) is 0 Å². The molecule has 0 aliphatic heterocycles. The second kappa shape index (κ2) is 14.2. The lowest BCUT2D eigenvalue weighted by Gasteiger charge is -2.33. The van der Waals surface area contributed by atoms with E-state index in [1.165, 1.54) is 111 Å². The SMILES string of the molecule is c1ccc(-c2ccc(-c3ccc(N(c4ccc5c(c4)C4(c6ccccc6-5)c5ccccc5-c5c4cc4c6c(cccc56)-c5ccccc5-4)c4ccccc4-c4ccccc4)cc3)cc2)cc1. The minimum absolute atomic E-state index is 0.535. The zero-order chi connectivity index (χ0) is 43.3. The first-order chi connectivity index (χ1) is 32.8. The predicted molar refractivity (Wildman–Crippen MR) is 276 cm³/mol. The van der Waals surface area contributed by atoms with Crippen LogP contribution >= 0.6 is 0 Å². The normalized spacial score (nSPS) is 14.4. The maximum Gasteiger partial charge on any atom is 0.0726 e. The fourth-order valence-electron chi connectivity index (χ4n) is 11.9. The molecule has 0 heterocycles. The lowest BCUT2D eigenvalue weighted by atomic mass is 9.70. The molecular weight excluding hydrogens is 795 g/mol. The molecule has 0 saturated heterocycles. The molecule has 0 amide bonds. The average molecular weight is 836 g/mol. The van der Waals surface area contributed by atoms with Crippen LogP contribution in [0.1, 0.15) is 22.3 Å². The highest BCUT2D eigenvalue weighted by Crippen LogP contribution is 2.66. The highest BCUT2D eigenvalue weighted by atomic mass is 15.1. The molecule has 3 aliphatic rings. The average Bonchev–Trinajstić information content (AvgIpc) is 4.00. The Morgan fingerprint density at radius 1 is 0.258 bits per heavy atom. The Labute approximate surface area is 385 Å². The molecule has 0 saturated carbocycles. The summed E-state index contributed by atoms with van der Waals surface area (Å²) in [4.78, 5) is 2.48. The summed E-state index contributed by atoms with van der Waals surface area (Å²) in [5, 5.41) is 2.69. The van der Waals surface area contributed by atoms with Crippen molar-refractivity contribution in [3.8, 4) is 77.9 Å². The summed E-state index contributed by atoms with van der Waals surface area (Å²) in [5.41, 5.74) is 25.9. The molecule has 11 aromatic rings. The lowest BCUT2D eigenvalue weighted by molar-refractivity contribution is 0.794. The van der Waals surface area contributed by atoms with Gasteiger partial charge in [-0.15, -0.1) is 0 Å². The topological polar surface area (TPSA) is 3.24 Å². The van der Waals surface area contributed by atoms with E-state index in [-0.39, 0.29) is 0 Å². The van der Waals surface area contributed by atoms with Crippen molar-refractivity contribution in [1.29, 1.82) is 0 Å². The highest BCUT2D eigenvalue weighted by Gasteiger charge is 2.53. The summed E-state index contributed by atoms with van der Waals surface area (Å²) in [7, 11) is 0. The first-order valence-electron chi connectivity index (χ1n) is 23.0. The molecule has 0 aromatic heterocycles. The number of hydrogen-bond acceptors (Lipinski definition) is 1. The number of nitrogens with zero attached hydrogens (tertiary/aromatic N) is 1. The number of fused-ring (bicyclic) bond motifs is 14. The van der Waals surface area contributed by atoms with Crippen molar-refractivity contribution in [3.63, 3.8) is 0 Å². The van der Waals surface area contributed by atoms with Gasteiger partial charge in [0.05, 0.1) is 11.1 Å². The minimum Gasteiger partial charge on any atom is -0.310 e. The van der Waals surface area contributed by atoms with E-state index >= 15 is 0 Å². The van der Waals surface area contributed by atoms with Gasteiger partial charge in [0.1, 0.15) is 0 Å². The zero-order valence-electron chi connectivity index (χ0n) is 36.1. The summed E-state index contributed by atoms with van der Waals surface area (Å²) in [5.74, 6) is 0. The minimum atomic E-state index is -0.535. The molecule has 3 aliphatic carbocycles. The summed E-state index contributed by atoms with van der Waals surface area (Å²) in [6, 6.07) is 92.5. The molecule has 0 radical (unpaired) electrons. The van der Waals surface area contributed by atoms with Gasteiger partial charge in [-0.05, 0) is 142 Å². The van der Waals surface area contributed by atoms with Crippen LogP contribution < -0.4 is 4.90 Å². The van der Waals surface area contributed by atoms with E-state index in [2.05, 4.69) is 254 Å². The van der Waals surface area contributed by atoms with E-state index in [9.17, 15) is 0 Å². The van der Waals surface area contributed by atoms with Gasteiger partial charge in [0.2, 0.25) is 0 Å². The maximum atomic E-state index is 2.57. The molecule has 0 bridgehead atoms. The third-order valence-electron chi connectivity index (χ3n) is 14.6. The van der Waals surface area contributed by atoms with Crippen molar-refractivity contribution in [1.82, 2.24) is 0 Å². The molecule has 0 fully saturated rings. The largest absolute Gasteiger partial charge is 0.310 e. The van der Waals surface area contributed by atoms with Gasteiger partial charge in [0, 0.05) is 16.9 Å². The van der Waals surface area contributed by atoms with Gasteiger partial charge in [0.15, 0.2) is 0 Å². The molecule has 1 atom stereocenters. The fraction of sp³-hybridized carbons (Fsp3) is 0.0154. The zero-order valence-corrected chi connectivity index (χ0v) is 36.1. The lowest BCUT2D eigenvalue weighted by Crippen LogP contribution is -2.26. The van der Waals surface area contributed by atoms with Gasteiger partial charge in [0.25, 0.3) is 0 Å². The maximum absolute atomic E-state index is 2.57. The quantitative estimate of drug-likeness (QED) is 0.161. The highest BCUT2D eigenvalue weighted by molar-refractivity contribution is 6.21. The van der Waals surface area contributed by atoms with E-state index in [1.54, 1.807) is 0 Å². The van der Waals surface area contributed by atoms with Crippen molar-refractivity contribution >= 4 is 27.8 Å². The smallest absolute Gasteiger partial charge is 0.0726 e. The third kappa shape index (κ3) is 5.17. The number of para-hydroxylation sites is 1. The van der Waals surface area contributed by atoms with Crippen molar-refractivity contribution in [2.75, 3.05) is 4.90 Å². The Kier molecular flexibility index (Phi) is 7.97. The number of anilines is 3. The van der Waals surface area contributed by atoms with E-state index < -0.39 is 5.41 Å². The van der Waals surface area contributed by atoms with Crippen LogP contribution in [0.3, 0.4) is 0 Å². The van der Waals surface area contributed by atoms with Crippen molar-refractivity contribution in [2.24, 2.45) is 0 Å². The Morgan fingerprint density at radius 2 is 0.742 bits per heavy atom. The fourth-order valence-corrected chi connectivity index (χ4v) is 11.9. The molecule has 1 unspecified atom stereocenters. The van der Waals surface area contributed by atoms with Gasteiger partial charge in [-0.3, -0.25) is 0 Å². The van der Waals surface area contributed by atoms with Gasteiger partial charge >= 0.3 is 0 Å². The molecule has 66 heavy (non-hydrogen) atoms. The van der Waals surface area contributed by atoms with Crippen LogP contribution in [0.4, 0.5) is 17.1 Å². The Hall–Kier alpha value is -8.52. The first-order valence-corrected chi connectivity index (χ1v) is 23.0. The second-order valence-electron chi connectivity index (χ2n) is 17.9. The predicted octanol–water partition coefficient (Wildman–Crippen LogP) is 17.3. The van der Waals surface area contributed by atoms with Crippen LogP contribution in [0.2, 0.25) is 0 Å². The molecule has 306 valence electrons. The second-order valence-corrected chi connectivity index (χ2v) is 17.9. The summed E-state index contributed by atoms with van der Waals surface area (Å²) >= 11 is 0. The number of rotatable bonds is 6. The van der Waals surface area contributed by atoms with E-state index in [4.69, 9.17) is 0 Å². The molecule has 11 aromatic carbocycles. The van der Waals surface area contributed by atoms with E-state index in [0.29, 0.717) is 0 Å². The molecular formula is C65H41N. The van der Waals surface area contributed by atoms with Crippen molar-refractivity contribution < 1.29 is 0 Å². The molecule has 1 spiro atoms. The summed E-state index contributed by atoms with van der Waals surface area (Å²) in [6.45, 7) is 0. The molecule has 14 rings (SSSR count). The van der Waals surface area contributed by atoms with Gasteiger partial charge in [-0.2, -0.15) is 0 Å². The van der Waals surface area contributed by atoms with Crippen LogP contribution in [0.25, 0.3) is 88.7 Å². The first kappa shape index (κ1) is 36.9. The van der Waals surface area contributed by atoms with Crippen LogP contribution in [-0.4, -0.2) is 0 Å². The number of benzene rings is 11. The van der Waals surface area contributed by atoms with Crippen LogP contribution in [0, 0.1) is 0 Å². The Morgan fingerprint density at radius 3 is 1.44 bits per heavy atom. The molecule has 0 N–H and O–H groups in total. The van der Waals surface area contributed by atoms with Gasteiger partial charge < -0.3 is 4.90 Å². The van der Waals surface area contributed by atoms with Gasteiger partial charge in [-0.1, -0.05) is 212 Å². The monoisotopic (exact) mass is 835 g/mol. The van der Waals surface area contributed by atoms with Crippen LogP contribution in [0.15, 0.2) is 249 Å². The molecule has 1 heteroatoms.